The molecular weight excluding hydrogens is 148 g/mol. The van der Waals surface area contributed by atoms with Gasteiger partial charge in [0, 0.05) is 18.9 Å². The quantitative estimate of drug-likeness (QED) is 0.628. The molecule has 60 valence electrons. The molecule has 0 fully saturated rings. The van der Waals surface area contributed by atoms with Gasteiger partial charge in [-0.2, -0.15) is 0 Å². The minimum absolute atomic E-state index is 0.0300. The minimum Gasteiger partial charge on any atom is -0.481 e. The van der Waals surface area contributed by atoms with E-state index in [1.54, 1.807) is 0 Å². The fourth-order valence-electron chi connectivity index (χ4n) is 0.741. The van der Waals surface area contributed by atoms with Crippen LogP contribution in [0.2, 0.25) is 0 Å². The number of aryl methyl sites for hydroxylation is 1. The van der Waals surface area contributed by atoms with Crippen molar-refractivity contribution in [1.29, 1.82) is 0 Å². The van der Waals surface area contributed by atoms with Gasteiger partial charge in [0.25, 0.3) is 0 Å². The Hall–Kier alpha value is -1.52. The number of hydrogen-bond acceptors (Lipinski definition) is 2. The summed E-state index contributed by atoms with van der Waals surface area (Å²) in [6.45, 7) is 0.220. The number of rotatable bonds is 3. The van der Waals surface area contributed by atoms with Gasteiger partial charge in [0.15, 0.2) is 0 Å². The predicted molar refractivity (Wildman–Crippen MR) is 37.3 cm³/mol. The molecule has 1 rings (SSSR count). The van der Waals surface area contributed by atoms with E-state index in [9.17, 15) is 9.59 Å². The summed E-state index contributed by atoms with van der Waals surface area (Å²) >= 11 is 0. The lowest BCUT2D eigenvalue weighted by molar-refractivity contribution is -0.137. The Balaban J connectivity index is 2.58. The molecule has 0 aliphatic rings. The second-order valence-corrected chi connectivity index (χ2v) is 2.10. The lowest BCUT2D eigenvalue weighted by atomic mass is 10.4. The zero-order chi connectivity index (χ0) is 8.27. The molecule has 0 atom stereocenters. The van der Waals surface area contributed by atoms with Crippen molar-refractivity contribution >= 4 is 5.97 Å². The van der Waals surface area contributed by atoms with Crippen LogP contribution in [0.1, 0.15) is 6.42 Å². The van der Waals surface area contributed by atoms with E-state index in [1.165, 1.54) is 17.0 Å². The number of aromatic amines is 1. The van der Waals surface area contributed by atoms with E-state index < -0.39 is 5.97 Å². The zero-order valence-electron chi connectivity index (χ0n) is 5.78. The van der Waals surface area contributed by atoms with Crippen LogP contribution in [0, 0.1) is 0 Å². The number of nitrogens with zero attached hydrogens (tertiary/aromatic N) is 1. The highest BCUT2D eigenvalue weighted by Gasteiger charge is 1.99. The third kappa shape index (κ3) is 1.96. The topological polar surface area (TPSA) is 75.1 Å². The highest BCUT2D eigenvalue weighted by molar-refractivity contribution is 5.66. The zero-order valence-corrected chi connectivity index (χ0v) is 5.78. The van der Waals surface area contributed by atoms with Crippen molar-refractivity contribution in [1.82, 2.24) is 9.55 Å². The van der Waals surface area contributed by atoms with Gasteiger partial charge in [0.2, 0.25) is 0 Å². The van der Waals surface area contributed by atoms with E-state index in [-0.39, 0.29) is 18.7 Å². The molecule has 5 heteroatoms. The summed E-state index contributed by atoms with van der Waals surface area (Å²) in [4.78, 5) is 23.2. The molecule has 2 N–H and O–H groups in total. The molecule has 1 aromatic heterocycles. The molecule has 0 aromatic carbocycles. The monoisotopic (exact) mass is 156 g/mol. The van der Waals surface area contributed by atoms with Crippen LogP contribution in [-0.4, -0.2) is 20.6 Å². The minimum atomic E-state index is -0.905. The number of carboxylic acid groups (broad SMARTS) is 1. The lowest BCUT2D eigenvalue weighted by Gasteiger charge is -1.94. The van der Waals surface area contributed by atoms with Crippen LogP contribution in [0.15, 0.2) is 17.2 Å². The molecule has 0 spiro atoms. The molecule has 0 saturated carbocycles. The highest BCUT2D eigenvalue weighted by atomic mass is 16.4. The average Bonchev–Trinajstić information content (AvgIpc) is 2.31. The van der Waals surface area contributed by atoms with Crippen LogP contribution in [0.3, 0.4) is 0 Å². The van der Waals surface area contributed by atoms with Gasteiger partial charge in [-0.25, -0.2) is 4.79 Å². The van der Waals surface area contributed by atoms with Gasteiger partial charge in [-0.3, -0.25) is 9.36 Å². The van der Waals surface area contributed by atoms with E-state index in [0.29, 0.717) is 0 Å². The first kappa shape index (κ1) is 7.59. The van der Waals surface area contributed by atoms with Crippen LogP contribution >= 0.6 is 0 Å². The lowest BCUT2D eigenvalue weighted by Crippen LogP contribution is -2.17. The summed E-state index contributed by atoms with van der Waals surface area (Å²) in [5, 5.41) is 8.28. The van der Waals surface area contributed by atoms with Gasteiger partial charge in [-0.15, -0.1) is 0 Å². The van der Waals surface area contributed by atoms with E-state index >= 15 is 0 Å². The molecule has 0 saturated heterocycles. The second-order valence-electron chi connectivity index (χ2n) is 2.10. The Morgan fingerprint density at radius 3 is 2.91 bits per heavy atom. The Morgan fingerprint density at radius 1 is 1.73 bits per heavy atom. The molecule has 0 aliphatic carbocycles. The summed E-state index contributed by atoms with van der Waals surface area (Å²) in [5.41, 5.74) is -0.272. The fraction of sp³-hybridized carbons (Fsp3) is 0.333. The summed E-state index contributed by atoms with van der Waals surface area (Å²) < 4.78 is 1.31. The normalized spacial score (nSPS) is 9.82. The van der Waals surface area contributed by atoms with E-state index in [4.69, 9.17) is 5.11 Å². The maximum absolute atomic E-state index is 10.7. The average molecular weight is 156 g/mol. The van der Waals surface area contributed by atoms with Gasteiger partial charge >= 0.3 is 11.7 Å². The first-order valence-electron chi connectivity index (χ1n) is 3.16. The summed E-state index contributed by atoms with van der Waals surface area (Å²) in [5.74, 6) is -0.905. The van der Waals surface area contributed by atoms with E-state index in [1.807, 2.05) is 0 Å². The number of carbonyl (C=O) groups is 1. The predicted octanol–water partition coefficient (Wildman–Crippen LogP) is -0.349. The van der Waals surface area contributed by atoms with E-state index in [0.717, 1.165) is 0 Å². The number of aliphatic carboxylic acids is 1. The molecule has 0 aliphatic heterocycles. The van der Waals surface area contributed by atoms with Crippen molar-refractivity contribution in [3.8, 4) is 0 Å². The smallest absolute Gasteiger partial charge is 0.325 e. The summed E-state index contributed by atoms with van der Waals surface area (Å²) in [7, 11) is 0. The third-order valence-corrected chi connectivity index (χ3v) is 1.29. The van der Waals surface area contributed by atoms with Gasteiger partial charge in [-0.1, -0.05) is 0 Å². The maximum atomic E-state index is 10.7. The van der Waals surface area contributed by atoms with Crippen molar-refractivity contribution < 1.29 is 9.90 Å². The van der Waals surface area contributed by atoms with Gasteiger partial charge in [-0.05, 0) is 0 Å². The Kier molecular flexibility index (Phi) is 2.10. The Morgan fingerprint density at radius 2 is 2.45 bits per heavy atom. The molecule has 0 bridgehead atoms. The highest BCUT2D eigenvalue weighted by Crippen LogP contribution is 1.84. The van der Waals surface area contributed by atoms with Crippen molar-refractivity contribution in [2.45, 2.75) is 13.0 Å². The van der Waals surface area contributed by atoms with Crippen molar-refractivity contribution in [3.63, 3.8) is 0 Å². The number of aromatic nitrogens is 2. The maximum Gasteiger partial charge on any atom is 0.325 e. The van der Waals surface area contributed by atoms with Gasteiger partial charge < -0.3 is 10.1 Å². The van der Waals surface area contributed by atoms with Crippen LogP contribution in [-0.2, 0) is 11.3 Å². The van der Waals surface area contributed by atoms with Crippen LogP contribution in [0.4, 0.5) is 0 Å². The number of carboxylic acids is 1. The van der Waals surface area contributed by atoms with Crippen molar-refractivity contribution in [2.75, 3.05) is 0 Å². The second kappa shape index (κ2) is 3.05. The van der Waals surface area contributed by atoms with Crippen LogP contribution < -0.4 is 5.69 Å². The summed E-state index contributed by atoms with van der Waals surface area (Å²) in [6.07, 6.45) is 2.97. The first-order chi connectivity index (χ1) is 5.20. The standard InChI is InChI=1S/C6H8N2O3/c9-5(10)1-3-8-4-2-7-6(8)11/h2,4H,1,3H2,(H,7,11)(H,9,10). The SMILES string of the molecule is O=C(O)CCn1cc[nH]c1=O. The number of hydrogen-bond donors (Lipinski definition) is 2. The van der Waals surface area contributed by atoms with Crippen LogP contribution in [0.25, 0.3) is 0 Å². The molecule has 1 aromatic rings. The summed E-state index contributed by atoms with van der Waals surface area (Å²) in [6, 6.07) is 0. The molecular formula is C6H8N2O3. The van der Waals surface area contributed by atoms with E-state index in [2.05, 4.69) is 4.98 Å². The molecule has 0 radical (unpaired) electrons. The largest absolute Gasteiger partial charge is 0.481 e. The first-order valence-corrected chi connectivity index (χ1v) is 3.16. The number of imidazole rings is 1. The molecule has 0 unspecified atom stereocenters. The Bertz CT molecular complexity index is 299. The van der Waals surface area contributed by atoms with Gasteiger partial charge in [0.1, 0.15) is 0 Å². The molecule has 0 amide bonds. The number of H-pyrrole nitrogens is 1. The van der Waals surface area contributed by atoms with Crippen molar-refractivity contribution in [2.24, 2.45) is 0 Å². The van der Waals surface area contributed by atoms with Crippen molar-refractivity contribution in [3.05, 3.63) is 22.9 Å². The number of nitrogens with one attached hydrogen (secondary N) is 1. The Labute approximate surface area is 62.3 Å². The molecule has 11 heavy (non-hydrogen) atoms. The third-order valence-electron chi connectivity index (χ3n) is 1.29. The van der Waals surface area contributed by atoms with Gasteiger partial charge in [0.05, 0.1) is 6.42 Å². The van der Waals surface area contributed by atoms with Crippen LogP contribution in [0.5, 0.6) is 0 Å². The fourth-order valence-corrected chi connectivity index (χ4v) is 0.741. The molecule has 1 heterocycles. The molecule has 5 nitrogen and oxygen atoms in total.